The third kappa shape index (κ3) is 5.53. The Labute approximate surface area is 129 Å². The van der Waals surface area contributed by atoms with Crippen LogP contribution in [-0.4, -0.2) is 47.0 Å². The van der Waals surface area contributed by atoms with E-state index in [2.05, 4.69) is 32.9 Å². The van der Waals surface area contributed by atoms with Crippen LogP contribution in [0.4, 0.5) is 0 Å². The summed E-state index contributed by atoms with van der Waals surface area (Å²) in [4.78, 5) is 2.05. The second-order valence-electron chi connectivity index (χ2n) is 4.73. The number of nitrogens with zero attached hydrogens (tertiary/aromatic N) is 1. The lowest BCUT2D eigenvalue weighted by molar-refractivity contribution is 0.412. The maximum Gasteiger partial charge on any atom is 0.245 e. The number of hydrogen-bond donors (Lipinski definition) is 2. The normalized spacial score (nSPS) is 12.2. The zero-order chi connectivity index (χ0) is 15.2. The molecule has 1 rings (SSSR count). The van der Waals surface area contributed by atoms with Crippen LogP contribution in [0.3, 0.4) is 0 Å². The molecule has 1 aromatic rings. The molecule has 0 amide bonds. The molecular weight excluding hydrogens is 346 g/mol. The van der Waals surface area contributed by atoms with E-state index in [0.29, 0.717) is 25.4 Å². The molecule has 8 heteroatoms. The number of halogens is 1. The predicted molar refractivity (Wildman–Crippen MR) is 82.1 cm³/mol. The lowest BCUT2D eigenvalue weighted by Crippen LogP contribution is -2.31. The summed E-state index contributed by atoms with van der Waals surface area (Å²) in [5.74, 6) is 0.596. The fraction of sp³-hybridized carbons (Fsp3) is 0.667. The van der Waals surface area contributed by atoms with Crippen molar-refractivity contribution in [2.24, 2.45) is 0 Å². The van der Waals surface area contributed by atoms with E-state index in [-0.39, 0.29) is 9.56 Å². The first-order valence-electron chi connectivity index (χ1n) is 6.50. The fourth-order valence-electron chi connectivity index (χ4n) is 1.54. The highest BCUT2D eigenvalue weighted by atomic mass is 79.9. The summed E-state index contributed by atoms with van der Waals surface area (Å²) in [5.41, 5.74) is 0. The van der Waals surface area contributed by atoms with Gasteiger partial charge in [-0.1, -0.05) is 6.92 Å². The molecule has 0 aliphatic heterocycles. The van der Waals surface area contributed by atoms with Gasteiger partial charge in [-0.3, -0.25) is 0 Å². The Morgan fingerprint density at radius 2 is 2.05 bits per heavy atom. The minimum atomic E-state index is -3.54. The number of nitrogens with one attached hydrogen (secondary N) is 2. The van der Waals surface area contributed by atoms with Gasteiger partial charge in [0.05, 0.1) is 6.54 Å². The first-order valence-corrected chi connectivity index (χ1v) is 8.77. The number of furan rings is 1. The van der Waals surface area contributed by atoms with Gasteiger partial charge in [0.1, 0.15) is 10.7 Å². The van der Waals surface area contributed by atoms with Gasteiger partial charge in [0, 0.05) is 19.2 Å². The van der Waals surface area contributed by atoms with Gasteiger partial charge in [-0.15, -0.1) is 0 Å². The van der Waals surface area contributed by atoms with E-state index in [9.17, 15) is 8.42 Å². The lowest BCUT2D eigenvalue weighted by atomic mass is 10.4. The van der Waals surface area contributed by atoms with Crippen LogP contribution in [0.5, 0.6) is 0 Å². The van der Waals surface area contributed by atoms with Gasteiger partial charge < -0.3 is 14.6 Å². The summed E-state index contributed by atoms with van der Waals surface area (Å²) >= 11 is 3.16. The molecule has 2 N–H and O–H groups in total. The number of rotatable bonds is 9. The molecular formula is C12H22BrN3O3S. The molecule has 6 nitrogen and oxygen atoms in total. The van der Waals surface area contributed by atoms with Gasteiger partial charge >= 0.3 is 0 Å². The third-order valence-electron chi connectivity index (χ3n) is 2.57. The summed E-state index contributed by atoms with van der Waals surface area (Å²) in [5, 5.41) is 3.16. The van der Waals surface area contributed by atoms with Crippen molar-refractivity contribution in [3.05, 3.63) is 16.5 Å². The summed E-state index contributed by atoms with van der Waals surface area (Å²) < 4.78 is 32.5. The molecule has 0 aliphatic carbocycles. The third-order valence-corrected chi connectivity index (χ3v) is 4.89. The van der Waals surface area contributed by atoms with E-state index in [1.165, 1.54) is 0 Å². The smallest absolute Gasteiger partial charge is 0.245 e. The zero-order valence-electron chi connectivity index (χ0n) is 12.1. The molecule has 1 aromatic heterocycles. The maximum atomic E-state index is 12.1. The van der Waals surface area contributed by atoms with Crippen LogP contribution in [0.25, 0.3) is 0 Å². The quantitative estimate of drug-likeness (QED) is 0.645. The van der Waals surface area contributed by atoms with Crippen LogP contribution in [0.15, 0.2) is 20.0 Å². The standard InChI is InChI=1S/C12H22BrN3O3S/c1-4-5-14-9-10-8-11(12(13)19-10)20(17,18)15-6-7-16(2)3/h8,14-15H,4-7,9H2,1-3H3. The summed E-state index contributed by atoms with van der Waals surface area (Å²) in [7, 11) is 0.235. The minimum Gasteiger partial charge on any atom is -0.452 e. The molecule has 0 radical (unpaired) electrons. The number of sulfonamides is 1. The van der Waals surface area contributed by atoms with Crippen molar-refractivity contribution < 1.29 is 12.8 Å². The van der Waals surface area contributed by atoms with E-state index in [1.54, 1.807) is 6.07 Å². The van der Waals surface area contributed by atoms with E-state index >= 15 is 0 Å². The monoisotopic (exact) mass is 367 g/mol. The van der Waals surface area contributed by atoms with Crippen molar-refractivity contribution in [1.29, 1.82) is 0 Å². The molecule has 0 saturated heterocycles. The largest absolute Gasteiger partial charge is 0.452 e. The maximum absolute atomic E-state index is 12.1. The van der Waals surface area contributed by atoms with E-state index in [0.717, 1.165) is 13.0 Å². The Morgan fingerprint density at radius 3 is 2.65 bits per heavy atom. The minimum absolute atomic E-state index is 0.143. The number of likely N-dealkylation sites (N-methyl/N-ethyl adjacent to an activating group) is 1. The molecule has 0 unspecified atom stereocenters. The molecule has 20 heavy (non-hydrogen) atoms. The van der Waals surface area contributed by atoms with Gasteiger partial charge in [-0.25, -0.2) is 13.1 Å². The lowest BCUT2D eigenvalue weighted by Gasteiger charge is -2.10. The fourth-order valence-corrected chi connectivity index (χ4v) is 3.55. The Bertz CT molecular complexity index is 514. The van der Waals surface area contributed by atoms with Crippen molar-refractivity contribution in [2.45, 2.75) is 24.8 Å². The highest BCUT2D eigenvalue weighted by molar-refractivity contribution is 9.10. The molecule has 0 spiro atoms. The van der Waals surface area contributed by atoms with Crippen molar-refractivity contribution in [1.82, 2.24) is 14.9 Å². The molecule has 0 aromatic carbocycles. The molecule has 0 fully saturated rings. The zero-order valence-corrected chi connectivity index (χ0v) is 14.5. The van der Waals surface area contributed by atoms with Gasteiger partial charge in [-0.05, 0) is 43.0 Å². The first kappa shape index (κ1) is 17.6. The van der Waals surface area contributed by atoms with E-state index in [1.807, 2.05) is 19.0 Å². The van der Waals surface area contributed by atoms with E-state index < -0.39 is 10.0 Å². The molecule has 116 valence electrons. The van der Waals surface area contributed by atoms with Gasteiger partial charge in [0.15, 0.2) is 4.67 Å². The predicted octanol–water partition coefficient (Wildman–Crippen LogP) is 1.38. The molecule has 0 aliphatic rings. The highest BCUT2D eigenvalue weighted by Crippen LogP contribution is 2.25. The van der Waals surface area contributed by atoms with Crippen LogP contribution < -0.4 is 10.0 Å². The number of hydrogen-bond acceptors (Lipinski definition) is 5. The van der Waals surface area contributed by atoms with Gasteiger partial charge in [0.25, 0.3) is 0 Å². The second-order valence-corrected chi connectivity index (χ2v) is 7.18. The second kappa shape index (κ2) is 8.14. The van der Waals surface area contributed by atoms with Crippen molar-refractivity contribution >= 4 is 26.0 Å². The van der Waals surface area contributed by atoms with E-state index in [4.69, 9.17) is 4.42 Å². The molecule has 0 bridgehead atoms. The van der Waals surface area contributed by atoms with Gasteiger partial charge in [0.2, 0.25) is 10.0 Å². The van der Waals surface area contributed by atoms with Crippen LogP contribution >= 0.6 is 15.9 Å². The molecule has 1 heterocycles. The summed E-state index contributed by atoms with van der Waals surface area (Å²) in [6.45, 7) is 4.44. The average Bonchev–Trinajstić information content (AvgIpc) is 2.71. The Morgan fingerprint density at radius 1 is 1.35 bits per heavy atom. The highest BCUT2D eigenvalue weighted by Gasteiger charge is 2.21. The Kier molecular flexibility index (Phi) is 7.18. The first-order chi connectivity index (χ1) is 9.36. The van der Waals surface area contributed by atoms with Crippen molar-refractivity contribution in [3.63, 3.8) is 0 Å². The van der Waals surface area contributed by atoms with Crippen LogP contribution in [-0.2, 0) is 16.6 Å². The summed E-state index contributed by atoms with van der Waals surface area (Å²) in [6, 6.07) is 1.55. The van der Waals surface area contributed by atoms with Crippen LogP contribution in [0.2, 0.25) is 0 Å². The van der Waals surface area contributed by atoms with Crippen LogP contribution in [0.1, 0.15) is 19.1 Å². The topological polar surface area (TPSA) is 74.6 Å². The summed E-state index contributed by atoms with van der Waals surface area (Å²) in [6.07, 6.45) is 1.01. The van der Waals surface area contributed by atoms with Crippen molar-refractivity contribution in [3.8, 4) is 0 Å². The SMILES string of the molecule is CCCNCc1cc(S(=O)(=O)NCCN(C)C)c(Br)o1. The Balaban J connectivity index is 2.69. The van der Waals surface area contributed by atoms with Crippen molar-refractivity contribution in [2.75, 3.05) is 33.7 Å². The molecule has 0 atom stereocenters. The van der Waals surface area contributed by atoms with Gasteiger partial charge in [-0.2, -0.15) is 0 Å². The average molecular weight is 368 g/mol. The van der Waals surface area contributed by atoms with Crippen LogP contribution in [0, 0.1) is 0 Å². The Hall–Kier alpha value is -0.410. The molecule has 0 saturated carbocycles.